The van der Waals surface area contributed by atoms with Crippen molar-refractivity contribution < 1.29 is 13.6 Å². The van der Waals surface area contributed by atoms with Crippen LogP contribution in [0.3, 0.4) is 0 Å². The van der Waals surface area contributed by atoms with Crippen LogP contribution in [0.25, 0.3) is 20.8 Å². The Kier molecular flexibility index (Phi) is 5.66. The number of aryl methyl sites for hydroxylation is 1. The van der Waals surface area contributed by atoms with E-state index in [2.05, 4.69) is 10.7 Å². The molecule has 6 N–H and O–H groups in total. The summed E-state index contributed by atoms with van der Waals surface area (Å²) < 4.78 is 26.9. The van der Waals surface area contributed by atoms with Gasteiger partial charge in [0.05, 0.1) is 16.3 Å². The molecule has 1 aromatic heterocycles. The lowest BCUT2D eigenvalue weighted by Crippen LogP contribution is -2.32. The van der Waals surface area contributed by atoms with Gasteiger partial charge in [-0.3, -0.25) is 4.79 Å². The molecule has 0 bridgehead atoms. The number of hydrogen-bond donors (Lipinski definition) is 3. The van der Waals surface area contributed by atoms with Crippen LogP contribution in [0.5, 0.6) is 0 Å². The standard InChI is InChI=1S/C14H10F2N2S.C3H8N2O/c1-7-4-8(2-3-11(7)17)14-18-12-5-9(15)10(16)6-13(12)19-14;1-2(4)3(5)6/h2-6H,17H2,1H3;2H,4H2,1H3,(H2,5,6)/t;2-/m.0/s1. The molecule has 3 rings (SSSR count). The number of nitrogens with zero attached hydrogens (tertiary/aromatic N) is 1. The van der Waals surface area contributed by atoms with Crippen molar-refractivity contribution in [2.45, 2.75) is 19.9 Å². The first-order valence-electron chi connectivity index (χ1n) is 7.36. The zero-order valence-corrected chi connectivity index (χ0v) is 14.5. The van der Waals surface area contributed by atoms with E-state index in [1.807, 2.05) is 19.1 Å². The Morgan fingerprint density at radius 2 is 1.80 bits per heavy atom. The van der Waals surface area contributed by atoms with Crippen molar-refractivity contribution in [3.63, 3.8) is 0 Å². The lowest BCUT2D eigenvalue weighted by atomic mass is 10.1. The zero-order chi connectivity index (χ0) is 18.7. The fourth-order valence-electron chi connectivity index (χ4n) is 1.86. The number of halogens is 2. The maximum Gasteiger partial charge on any atom is 0.234 e. The molecule has 1 heterocycles. The average Bonchev–Trinajstić information content (AvgIpc) is 2.93. The van der Waals surface area contributed by atoms with Gasteiger partial charge in [-0.1, -0.05) is 0 Å². The highest BCUT2D eigenvalue weighted by molar-refractivity contribution is 7.21. The van der Waals surface area contributed by atoms with Crippen LogP contribution in [0.15, 0.2) is 30.3 Å². The fourth-order valence-corrected chi connectivity index (χ4v) is 2.82. The fraction of sp³-hybridized carbons (Fsp3) is 0.176. The van der Waals surface area contributed by atoms with Gasteiger partial charge in [-0.25, -0.2) is 13.8 Å². The number of thiazole rings is 1. The third-order valence-electron chi connectivity index (χ3n) is 3.40. The molecule has 1 atom stereocenters. The predicted octanol–water partition coefficient (Wildman–Crippen LogP) is 2.95. The Labute approximate surface area is 147 Å². The van der Waals surface area contributed by atoms with Crippen molar-refractivity contribution in [1.29, 1.82) is 0 Å². The summed E-state index contributed by atoms with van der Waals surface area (Å²) in [5.41, 5.74) is 18.4. The topological polar surface area (TPSA) is 108 Å². The minimum atomic E-state index is -0.877. The van der Waals surface area contributed by atoms with Crippen LogP contribution in [0.1, 0.15) is 12.5 Å². The van der Waals surface area contributed by atoms with Gasteiger partial charge in [0, 0.05) is 17.3 Å². The molecular formula is C17H18F2N4OS. The molecule has 0 unspecified atom stereocenters. The lowest BCUT2D eigenvalue weighted by molar-refractivity contribution is -0.118. The summed E-state index contributed by atoms with van der Waals surface area (Å²) in [6, 6.07) is 7.36. The van der Waals surface area contributed by atoms with Crippen LogP contribution < -0.4 is 17.2 Å². The van der Waals surface area contributed by atoms with Gasteiger partial charge in [0.25, 0.3) is 0 Å². The van der Waals surface area contributed by atoms with Crippen LogP contribution in [0.2, 0.25) is 0 Å². The van der Waals surface area contributed by atoms with E-state index in [1.54, 1.807) is 13.0 Å². The summed E-state index contributed by atoms with van der Waals surface area (Å²) in [6.07, 6.45) is 0. The number of nitrogen functional groups attached to an aromatic ring is 1. The molecule has 1 amide bonds. The van der Waals surface area contributed by atoms with Crippen molar-refractivity contribution in [3.8, 4) is 10.6 Å². The molecule has 0 saturated carbocycles. The number of benzene rings is 2. The Bertz CT molecular complexity index is 885. The maximum absolute atomic E-state index is 13.2. The first-order valence-corrected chi connectivity index (χ1v) is 8.17. The largest absolute Gasteiger partial charge is 0.399 e. The van der Waals surface area contributed by atoms with E-state index in [1.165, 1.54) is 17.4 Å². The first-order chi connectivity index (χ1) is 11.7. The third-order valence-corrected chi connectivity index (χ3v) is 4.46. The number of carbonyl (C=O) groups is 1. The highest BCUT2D eigenvalue weighted by Gasteiger charge is 2.11. The zero-order valence-electron chi connectivity index (χ0n) is 13.7. The second-order valence-corrected chi connectivity index (χ2v) is 6.55. The molecule has 0 saturated heterocycles. The normalized spacial score (nSPS) is 11.7. The molecule has 2 aromatic carbocycles. The summed E-state index contributed by atoms with van der Waals surface area (Å²) in [5.74, 6) is -2.19. The minimum Gasteiger partial charge on any atom is -0.399 e. The Morgan fingerprint density at radius 1 is 1.20 bits per heavy atom. The number of nitrogens with two attached hydrogens (primary N) is 3. The monoisotopic (exact) mass is 364 g/mol. The van der Waals surface area contributed by atoms with Crippen molar-refractivity contribution in [1.82, 2.24) is 4.98 Å². The highest BCUT2D eigenvalue weighted by Crippen LogP contribution is 2.32. The van der Waals surface area contributed by atoms with E-state index in [0.29, 0.717) is 15.9 Å². The van der Waals surface area contributed by atoms with Crippen molar-refractivity contribution in [2.75, 3.05) is 5.73 Å². The molecule has 5 nitrogen and oxygen atoms in total. The molecular weight excluding hydrogens is 346 g/mol. The number of carbonyl (C=O) groups excluding carboxylic acids is 1. The Balaban J connectivity index is 0.000000326. The number of fused-ring (bicyclic) bond motifs is 1. The number of amides is 1. The Morgan fingerprint density at radius 3 is 2.36 bits per heavy atom. The number of primary amides is 1. The smallest absolute Gasteiger partial charge is 0.234 e. The van der Waals surface area contributed by atoms with Crippen molar-refractivity contribution in [3.05, 3.63) is 47.5 Å². The average molecular weight is 364 g/mol. The van der Waals surface area contributed by atoms with Gasteiger partial charge in [0.15, 0.2) is 11.6 Å². The van der Waals surface area contributed by atoms with Gasteiger partial charge in [-0.2, -0.15) is 0 Å². The van der Waals surface area contributed by atoms with E-state index in [9.17, 15) is 13.6 Å². The molecule has 0 fully saturated rings. The summed E-state index contributed by atoms with van der Waals surface area (Å²) in [4.78, 5) is 14.1. The number of hydrogen-bond acceptors (Lipinski definition) is 5. The maximum atomic E-state index is 13.2. The quantitative estimate of drug-likeness (QED) is 0.608. The van der Waals surface area contributed by atoms with Crippen molar-refractivity contribution >= 4 is 33.1 Å². The molecule has 25 heavy (non-hydrogen) atoms. The van der Waals surface area contributed by atoms with E-state index < -0.39 is 23.6 Å². The Hall–Kier alpha value is -2.58. The molecule has 0 aliphatic carbocycles. The van der Waals surface area contributed by atoms with Crippen LogP contribution in [0.4, 0.5) is 14.5 Å². The van der Waals surface area contributed by atoms with Gasteiger partial charge >= 0.3 is 0 Å². The summed E-state index contributed by atoms with van der Waals surface area (Å²) in [6.45, 7) is 3.45. The first kappa shape index (κ1) is 18.8. The van der Waals surface area contributed by atoms with Crippen LogP contribution in [-0.4, -0.2) is 16.9 Å². The molecule has 3 aromatic rings. The van der Waals surface area contributed by atoms with E-state index >= 15 is 0 Å². The van der Waals surface area contributed by atoms with Gasteiger partial charge in [-0.05, 0) is 43.7 Å². The molecule has 8 heteroatoms. The van der Waals surface area contributed by atoms with Crippen LogP contribution >= 0.6 is 11.3 Å². The SMILES string of the molecule is C[C@H](N)C(N)=O.Cc1cc(-c2nc3cc(F)c(F)cc3s2)ccc1N. The van der Waals surface area contributed by atoms with Crippen LogP contribution in [-0.2, 0) is 4.79 Å². The summed E-state index contributed by atoms with van der Waals surface area (Å²) >= 11 is 1.33. The van der Waals surface area contributed by atoms with Gasteiger partial charge in [0.2, 0.25) is 5.91 Å². The van der Waals surface area contributed by atoms with Gasteiger partial charge in [0.1, 0.15) is 5.01 Å². The molecule has 0 spiro atoms. The number of rotatable bonds is 2. The van der Waals surface area contributed by atoms with Gasteiger partial charge in [-0.15, -0.1) is 11.3 Å². The summed E-state index contributed by atoms with van der Waals surface area (Å²) in [7, 11) is 0. The third kappa shape index (κ3) is 4.49. The van der Waals surface area contributed by atoms with Crippen LogP contribution in [0, 0.1) is 18.6 Å². The molecule has 0 aliphatic rings. The van der Waals surface area contributed by atoms with Gasteiger partial charge < -0.3 is 17.2 Å². The number of anilines is 1. The van der Waals surface area contributed by atoms with E-state index in [-0.39, 0.29) is 0 Å². The number of aromatic nitrogens is 1. The van der Waals surface area contributed by atoms with E-state index in [4.69, 9.17) is 11.5 Å². The lowest BCUT2D eigenvalue weighted by Gasteiger charge is -2.01. The predicted molar refractivity (Wildman–Crippen MR) is 97.0 cm³/mol. The summed E-state index contributed by atoms with van der Waals surface area (Å²) in [5, 5.41) is 0.725. The second-order valence-electron chi connectivity index (χ2n) is 5.52. The minimum absolute atomic E-state index is 0.463. The molecule has 132 valence electrons. The second kappa shape index (κ2) is 7.54. The molecule has 0 radical (unpaired) electrons. The van der Waals surface area contributed by atoms with E-state index in [0.717, 1.165) is 22.2 Å². The highest BCUT2D eigenvalue weighted by atomic mass is 32.1. The van der Waals surface area contributed by atoms with Crippen molar-refractivity contribution in [2.24, 2.45) is 11.5 Å². The molecule has 0 aliphatic heterocycles.